The molecule has 1 atom stereocenters. The summed E-state index contributed by atoms with van der Waals surface area (Å²) in [5.41, 5.74) is 3.59. The Morgan fingerprint density at radius 2 is 1.69 bits per heavy atom. The van der Waals surface area contributed by atoms with Crippen LogP contribution in [0.3, 0.4) is 0 Å². The van der Waals surface area contributed by atoms with Crippen molar-refractivity contribution in [3.8, 4) is 6.01 Å². The number of fused-ring (bicyclic) bond motifs is 1. The average molecular weight is 532 g/mol. The smallest absolute Gasteiger partial charge is 0.318 e. The zero-order chi connectivity index (χ0) is 26.9. The Bertz CT molecular complexity index is 1470. The minimum atomic E-state index is -0.449. The SMILES string of the molecule is COc1nc(Nc2ccc(N3CCN(C)CC3)cc2)c2nc(N3CCC[C@@H]3c3cc(F)ccc3F)ccc2n1. The number of hydrogen-bond donors (Lipinski definition) is 1. The minimum absolute atomic E-state index is 0.231. The molecule has 202 valence electrons. The van der Waals surface area contributed by atoms with E-state index in [0.29, 0.717) is 41.2 Å². The van der Waals surface area contributed by atoms with Crippen LogP contribution < -0.4 is 19.9 Å². The van der Waals surface area contributed by atoms with Crippen molar-refractivity contribution < 1.29 is 13.5 Å². The number of nitrogens with one attached hydrogen (secondary N) is 1. The van der Waals surface area contributed by atoms with Crippen molar-refractivity contribution in [1.29, 1.82) is 0 Å². The fourth-order valence-electron chi connectivity index (χ4n) is 5.41. The molecule has 4 aromatic rings. The number of ether oxygens (including phenoxy) is 1. The fraction of sp³-hybridized carbons (Fsp3) is 0.345. The van der Waals surface area contributed by atoms with Gasteiger partial charge in [-0.25, -0.2) is 13.8 Å². The van der Waals surface area contributed by atoms with E-state index in [1.165, 1.54) is 24.9 Å². The maximum absolute atomic E-state index is 14.7. The number of methoxy groups -OCH3 is 1. The van der Waals surface area contributed by atoms with Gasteiger partial charge in [0.25, 0.3) is 0 Å². The third-order valence-corrected chi connectivity index (χ3v) is 7.55. The van der Waals surface area contributed by atoms with Crippen LogP contribution in [-0.2, 0) is 0 Å². The first-order valence-electron chi connectivity index (χ1n) is 13.2. The van der Waals surface area contributed by atoms with E-state index in [4.69, 9.17) is 9.72 Å². The van der Waals surface area contributed by atoms with Crippen LogP contribution >= 0.6 is 0 Å². The second-order valence-electron chi connectivity index (χ2n) is 10.1. The number of benzene rings is 2. The Balaban J connectivity index is 1.31. The Labute approximate surface area is 226 Å². The lowest BCUT2D eigenvalue weighted by molar-refractivity contribution is 0.313. The summed E-state index contributed by atoms with van der Waals surface area (Å²) in [7, 11) is 3.67. The predicted octanol–water partition coefficient (Wildman–Crippen LogP) is 5.15. The van der Waals surface area contributed by atoms with Gasteiger partial charge in [0.15, 0.2) is 5.82 Å². The van der Waals surface area contributed by atoms with Gasteiger partial charge in [-0.05, 0) is 74.5 Å². The highest BCUT2D eigenvalue weighted by Crippen LogP contribution is 2.38. The van der Waals surface area contributed by atoms with Gasteiger partial charge in [-0.2, -0.15) is 9.97 Å². The van der Waals surface area contributed by atoms with Gasteiger partial charge in [0, 0.05) is 49.7 Å². The molecule has 2 aliphatic heterocycles. The summed E-state index contributed by atoms with van der Waals surface area (Å²) in [5, 5.41) is 3.39. The van der Waals surface area contributed by atoms with E-state index < -0.39 is 11.6 Å². The van der Waals surface area contributed by atoms with E-state index in [1.807, 2.05) is 29.2 Å². The van der Waals surface area contributed by atoms with Gasteiger partial charge < -0.3 is 24.8 Å². The van der Waals surface area contributed by atoms with Crippen LogP contribution in [0.15, 0.2) is 54.6 Å². The van der Waals surface area contributed by atoms with Gasteiger partial charge in [-0.3, -0.25) is 0 Å². The first-order valence-corrected chi connectivity index (χ1v) is 13.2. The van der Waals surface area contributed by atoms with Crippen LogP contribution in [0.25, 0.3) is 11.0 Å². The van der Waals surface area contributed by atoms with E-state index in [0.717, 1.165) is 44.4 Å². The number of pyridine rings is 1. The van der Waals surface area contributed by atoms with Gasteiger partial charge in [0.05, 0.1) is 18.7 Å². The maximum Gasteiger partial charge on any atom is 0.318 e. The molecule has 2 aliphatic rings. The van der Waals surface area contributed by atoms with Crippen molar-refractivity contribution in [2.75, 3.05) is 62.0 Å². The quantitative estimate of drug-likeness (QED) is 0.367. The summed E-state index contributed by atoms with van der Waals surface area (Å²) < 4.78 is 34.0. The predicted molar refractivity (Wildman–Crippen MR) is 149 cm³/mol. The molecular weight excluding hydrogens is 500 g/mol. The minimum Gasteiger partial charge on any atom is -0.467 e. The van der Waals surface area contributed by atoms with Crippen LogP contribution in [0.5, 0.6) is 6.01 Å². The topological polar surface area (TPSA) is 69.7 Å². The highest BCUT2D eigenvalue weighted by molar-refractivity contribution is 5.89. The number of aromatic nitrogens is 3. The number of rotatable bonds is 6. The summed E-state index contributed by atoms with van der Waals surface area (Å²) in [6.45, 7) is 4.78. The van der Waals surface area contributed by atoms with Crippen molar-refractivity contribution in [2.24, 2.45) is 0 Å². The summed E-state index contributed by atoms with van der Waals surface area (Å²) in [6.07, 6.45) is 1.56. The average Bonchev–Trinajstić information content (AvgIpc) is 3.45. The Hall–Kier alpha value is -4.05. The molecule has 0 saturated carbocycles. The first kappa shape index (κ1) is 25.2. The van der Waals surface area contributed by atoms with Crippen LogP contribution in [0, 0.1) is 11.6 Å². The highest BCUT2D eigenvalue weighted by atomic mass is 19.1. The number of nitrogens with zero attached hydrogens (tertiary/aromatic N) is 6. The highest BCUT2D eigenvalue weighted by Gasteiger charge is 2.30. The number of hydrogen-bond acceptors (Lipinski definition) is 8. The maximum atomic E-state index is 14.7. The Morgan fingerprint density at radius 3 is 2.46 bits per heavy atom. The molecule has 0 radical (unpaired) electrons. The van der Waals surface area contributed by atoms with Gasteiger partial charge in [0.2, 0.25) is 0 Å². The van der Waals surface area contributed by atoms with Crippen LogP contribution in [-0.4, -0.2) is 66.7 Å². The lowest BCUT2D eigenvalue weighted by atomic mass is 10.0. The number of likely N-dealkylation sites (N-methyl/N-ethyl adjacent to an activating group) is 1. The molecule has 0 amide bonds. The molecule has 4 heterocycles. The molecule has 2 aromatic carbocycles. The van der Waals surface area contributed by atoms with Crippen LogP contribution in [0.4, 0.5) is 31.8 Å². The molecule has 0 spiro atoms. The molecule has 0 aliphatic carbocycles. The zero-order valence-electron chi connectivity index (χ0n) is 22.1. The normalized spacial score (nSPS) is 18.1. The monoisotopic (exact) mass is 531 g/mol. The van der Waals surface area contributed by atoms with Gasteiger partial charge in [-0.15, -0.1) is 0 Å². The van der Waals surface area contributed by atoms with Crippen LogP contribution in [0.2, 0.25) is 0 Å². The molecule has 8 nitrogen and oxygen atoms in total. The molecular formula is C29H31F2N7O. The lowest BCUT2D eigenvalue weighted by Crippen LogP contribution is -2.44. The van der Waals surface area contributed by atoms with Crippen molar-refractivity contribution in [3.05, 3.63) is 71.8 Å². The zero-order valence-corrected chi connectivity index (χ0v) is 22.1. The van der Waals surface area contributed by atoms with Gasteiger partial charge >= 0.3 is 6.01 Å². The van der Waals surface area contributed by atoms with Gasteiger partial charge in [0.1, 0.15) is 23.0 Å². The van der Waals surface area contributed by atoms with E-state index in [2.05, 4.69) is 44.3 Å². The summed E-state index contributed by atoms with van der Waals surface area (Å²) in [4.78, 5) is 20.7. The first-order chi connectivity index (χ1) is 19.0. The molecule has 2 aromatic heterocycles. The molecule has 39 heavy (non-hydrogen) atoms. The van der Waals surface area contributed by atoms with Crippen molar-refractivity contribution in [2.45, 2.75) is 18.9 Å². The number of piperazine rings is 1. The van der Waals surface area contributed by atoms with E-state index in [9.17, 15) is 8.78 Å². The standard InChI is InChI=1S/C29H31F2N7O/c1-36-14-16-37(17-15-36)21-8-6-20(7-9-21)32-28-27-24(33-29(35-28)39-2)11-12-26(34-27)38-13-3-4-25(38)22-18-19(30)5-10-23(22)31/h5-12,18,25H,3-4,13-17H2,1-2H3,(H,32,33,35)/t25-/m1/s1. The second-order valence-corrected chi connectivity index (χ2v) is 10.1. The molecule has 0 bridgehead atoms. The third kappa shape index (κ3) is 5.16. The van der Waals surface area contributed by atoms with Crippen molar-refractivity contribution in [1.82, 2.24) is 19.9 Å². The fourth-order valence-corrected chi connectivity index (χ4v) is 5.41. The Kier molecular flexibility index (Phi) is 6.86. The Morgan fingerprint density at radius 1 is 0.897 bits per heavy atom. The molecule has 2 fully saturated rings. The van der Waals surface area contributed by atoms with Crippen molar-refractivity contribution in [3.63, 3.8) is 0 Å². The number of anilines is 4. The molecule has 0 unspecified atom stereocenters. The summed E-state index contributed by atoms with van der Waals surface area (Å²) in [6, 6.07) is 15.5. The lowest BCUT2D eigenvalue weighted by Gasteiger charge is -2.34. The van der Waals surface area contributed by atoms with E-state index in [1.54, 1.807) is 0 Å². The largest absolute Gasteiger partial charge is 0.467 e. The molecule has 6 rings (SSSR count). The summed E-state index contributed by atoms with van der Waals surface area (Å²) in [5.74, 6) is 0.314. The third-order valence-electron chi connectivity index (χ3n) is 7.55. The molecule has 10 heteroatoms. The van der Waals surface area contributed by atoms with Crippen molar-refractivity contribution >= 4 is 34.0 Å². The number of halogens is 2. The van der Waals surface area contributed by atoms with E-state index >= 15 is 0 Å². The second kappa shape index (κ2) is 10.6. The molecule has 2 saturated heterocycles. The summed E-state index contributed by atoms with van der Waals surface area (Å²) >= 11 is 0. The van der Waals surface area contributed by atoms with E-state index in [-0.39, 0.29) is 12.1 Å². The molecule has 1 N–H and O–H groups in total. The van der Waals surface area contributed by atoms with Gasteiger partial charge in [-0.1, -0.05) is 0 Å². The van der Waals surface area contributed by atoms with Crippen LogP contribution in [0.1, 0.15) is 24.4 Å².